The van der Waals surface area contributed by atoms with E-state index in [9.17, 15) is 4.79 Å². The molecule has 0 bridgehead atoms. The van der Waals surface area contributed by atoms with Crippen LogP contribution in [0.3, 0.4) is 0 Å². The minimum Gasteiger partial charge on any atom is -0.377 e. The largest absolute Gasteiger partial charge is 0.377 e. The van der Waals surface area contributed by atoms with Gasteiger partial charge in [0.1, 0.15) is 0 Å². The molecule has 27 heavy (non-hydrogen) atoms. The van der Waals surface area contributed by atoms with Gasteiger partial charge in [-0.3, -0.25) is 9.79 Å². The molecule has 1 amide bonds. The number of likely N-dealkylation sites (tertiary alicyclic amines) is 1. The molecule has 4 rings (SSSR count). The molecule has 4 fully saturated rings. The highest BCUT2D eigenvalue weighted by atomic mass is 16.5. The third-order valence-electron chi connectivity index (χ3n) is 7.44. The summed E-state index contributed by atoms with van der Waals surface area (Å²) in [6.07, 6.45) is 8.88. The second-order valence-electron chi connectivity index (χ2n) is 9.28. The average Bonchev–Trinajstić information content (AvgIpc) is 3.33. The van der Waals surface area contributed by atoms with E-state index in [1.54, 1.807) is 0 Å². The maximum Gasteiger partial charge on any atom is 0.225 e. The maximum absolute atomic E-state index is 12.2. The first-order valence-corrected chi connectivity index (χ1v) is 11.0. The van der Waals surface area contributed by atoms with E-state index in [1.165, 1.54) is 32.1 Å². The highest BCUT2D eigenvalue weighted by molar-refractivity contribution is 5.81. The number of fused-ring (bicyclic) bond motifs is 2. The van der Waals surface area contributed by atoms with E-state index in [1.807, 2.05) is 25.8 Å². The van der Waals surface area contributed by atoms with Gasteiger partial charge in [-0.25, -0.2) is 0 Å². The van der Waals surface area contributed by atoms with Gasteiger partial charge in [0.15, 0.2) is 5.96 Å². The minimum absolute atomic E-state index is 0.0896. The first-order chi connectivity index (χ1) is 13.0. The Hall–Kier alpha value is -1.30. The molecule has 2 aliphatic heterocycles. The lowest BCUT2D eigenvalue weighted by molar-refractivity contribution is -0.135. The van der Waals surface area contributed by atoms with E-state index in [2.05, 4.69) is 15.6 Å². The van der Waals surface area contributed by atoms with Crippen molar-refractivity contribution in [3.05, 3.63) is 0 Å². The van der Waals surface area contributed by atoms with Crippen LogP contribution in [0.25, 0.3) is 0 Å². The standard InChI is InChI=1S/C21H36N4O2/c1-14(2)19(26)25-11-6-15(7-12-25)23-20(22-3)24-17-16-8-13-27-18(16)21(17)9-4-5-10-21/h14-18H,4-13H2,1-3H3,(H2,22,23,24). The molecule has 3 unspecified atom stereocenters. The van der Waals surface area contributed by atoms with Gasteiger partial charge >= 0.3 is 0 Å². The molecular formula is C21H36N4O2. The van der Waals surface area contributed by atoms with Crippen molar-refractivity contribution in [1.82, 2.24) is 15.5 Å². The van der Waals surface area contributed by atoms with Gasteiger partial charge in [-0.15, -0.1) is 0 Å². The normalized spacial score (nSPS) is 33.3. The van der Waals surface area contributed by atoms with E-state index in [4.69, 9.17) is 4.74 Å². The van der Waals surface area contributed by atoms with E-state index in [-0.39, 0.29) is 11.8 Å². The summed E-state index contributed by atoms with van der Waals surface area (Å²) in [4.78, 5) is 18.7. The zero-order chi connectivity index (χ0) is 19.0. The Kier molecular flexibility index (Phi) is 5.36. The Morgan fingerprint density at radius 3 is 2.48 bits per heavy atom. The predicted molar refractivity (Wildman–Crippen MR) is 107 cm³/mol. The van der Waals surface area contributed by atoms with Gasteiger partial charge in [0.2, 0.25) is 5.91 Å². The Morgan fingerprint density at radius 1 is 1.15 bits per heavy atom. The third-order valence-corrected chi connectivity index (χ3v) is 7.44. The molecule has 6 heteroatoms. The number of amides is 1. The zero-order valence-corrected chi connectivity index (χ0v) is 17.2. The molecule has 2 saturated carbocycles. The number of hydrogen-bond donors (Lipinski definition) is 2. The number of piperidine rings is 1. The molecule has 0 aromatic rings. The lowest BCUT2D eigenvalue weighted by Crippen LogP contribution is -2.69. The van der Waals surface area contributed by atoms with Crippen LogP contribution in [0.4, 0.5) is 0 Å². The van der Waals surface area contributed by atoms with Crippen LogP contribution >= 0.6 is 0 Å². The zero-order valence-electron chi connectivity index (χ0n) is 17.2. The van der Waals surface area contributed by atoms with Crippen molar-refractivity contribution in [2.24, 2.45) is 22.2 Å². The number of carbonyl (C=O) groups excluding carboxylic acids is 1. The van der Waals surface area contributed by atoms with Crippen LogP contribution in [0, 0.1) is 17.3 Å². The third kappa shape index (κ3) is 3.34. The van der Waals surface area contributed by atoms with Crippen LogP contribution in [0.15, 0.2) is 4.99 Å². The fourth-order valence-corrected chi connectivity index (χ4v) is 6.02. The van der Waals surface area contributed by atoms with E-state index in [0.717, 1.165) is 38.5 Å². The van der Waals surface area contributed by atoms with Crippen molar-refractivity contribution in [1.29, 1.82) is 0 Å². The second-order valence-corrected chi connectivity index (χ2v) is 9.28. The summed E-state index contributed by atoms with van der Waals surface area (Å²) in [7, 11) is 1.87. The summed E-state index contributed by atoms with van der Waals surface area (Å²) >= 11 is 0. The second kappa shape index (κ2) is 7.61. The van der Waals surface area contributed by atoms with Crippen molar-refractivity contribution in [2.75, 3.05) is 26.7 Å². The van der Waals surface area contributed by atoms with Gasteiger partial charge in [-0.05, 0) is 32.1 Å². The molecule has 2 aliphatic carbocycles. The average molecular weight is 377 g/mol. The molecule has 0 radical (unpaired) electrons. The smallest absolute Gasteiger partial charge is 0.225 e. The lowest BCUT2D eigenvalue weighted by Gasteiger charge is -2.57. The molecule has 2 N–H and O–H groups in total. The van der Waals surface area contributed by atoms with Gasteiger partial charge in [0.25, 0.3) is 0 Å². The molecule has 2 saturated heterocycles. The highest BCUT2D eigenvalue weighted by Gasteiger charge is 2.65. The molecule has 1 spiro atoms. The summed E-state index contributed by atoms with van der Waals surface area (Å²) in [6, 6.07) is 0.893. The van der Waals surface area contributed by atoms with Crippen LogP contribution in [0.1, 0.15) is 58.8 Å². The summed E-state index contributed by atoms with van der Waals surface area (Å²) in [5.74, 6) is 1.95. The van der Waals surface area contributed by atoms with Crippen LogP contribution in [0.2, 0.25) is 0 Å². The molecule has 2 heterocycles. The quantitative estimate of drug-likeness (QED) is 0.585. The molecule has 4 aliphatic rings. The molecule has 6 nitrogen and oxygen atoms in total. The fourth-order valence-electron chi connectivity index (χ4n) is 6.02. The fraction of sp³-hybridized carbons (Fsp3) is 0.905. The summed E-state index contributed by atoms with van der Waals surface area (Å²) in [5, 5.41) is 7.42. The Bertz CT molecular complexity index is 577. The number of carbonyl (C=O) groups is 1. The van der Waals surface area contributed by atoms with Gasteiger partial charge in [0, 0.05) is 56.1 Å². The SMILES string of the molecule is CN=C(NC1CCN(C(=O)C(C)C)CC1)NC1C2CCOC2C12CCCC2. The molecule has 0 aromatic carbocycles. The molecular weight excluding hydrogens is 340 g/mol. The maximum atomic E-state index is 12.2. The number of hydrogen-bond acceptors (Lipinski definition) is 3. The van der Waals surface area contributed by atoms with Gasteiger partial charge in [0.05, 0.1) is 6.10 Å². The van der Waals surface area contributed by atoms with Crippen LogP contribution < -0.4 is 10.6 Å². The number of guanidine groups is 1. The Balaban J connectivity index is 1.32. The Morgan fingerprint density at radius 2 is 1.85 bits per heavy atom. The summed E-state index contributed by atoms with van der Waals surface area (Å²) in [6.45, 7) is 6.57. The van der Waals surface area contributed by atoms with Crippen LogP contribution in [-0.4, -0.2) is 61.7 Å². The van der Waals surface area contributed by atoms with Crippen LogP contribution in [-0.2, 0) is 9.53 Å². The number of nitrogens with one attached hydrogen (secondary N) is 2. The van der Waals surface area contributed by atoms with Crippen molar-refractivity contribution >= 4 is 11.9 Å². The summed E-state index contributed by atoms with van der Waals surface area (Å²) in [5.41, 5.74) is 0.339. The van der Waals surface area contributed by atoms with Gasteiger partial charge < -0.3 is 20.3 Å². The number of ether oxygens (including phenoxy) is 1. The number of rotatable bonds is 3. The molecule has 0 aromatic heterocycles. The van der Waals surface area contributed by atoms with Crippen molar-refractivity contribution in [3.8, 4) is 0 Å². The monoisotopic (exact) mass is 376 g/mol. The van der Waals surface area contributed by atoms with Crippen LogP contribution in [0.5, 0.6) is 0 Å². The highest BCUT2D eigenvalue weighted by Crippen LogP contribution is 2.60. The first kappa shape index (κ1) is 19.0. The molecule has 3 atom stereocenters. The predicted octanol–water partition coefficient (Wildman–Crippen LogP) is 2.15. The lowest BCUT2D eigenvalue weighted by atomic mass is 9.54. The Labute approximate surface area is 163 Å². The van der Waals surface area contributed by atoms with Crippen molar-refractivity contribution in [3.63, 3.8) is 0 Å². The van der Waals surface area contributed by atoms with E-state index >= 15 is 0 Å². The first-order valence-electron chi connectivity index (χ1n) is 11.0. The molecule has 152 valence electrons. The topological polar surface area (TPSA) is 66.0 Å². The van der Waals surface area contributed by atoms with E-state index in [0.29, 0.717) is 29.5 Å². The van der Waals surface area contributed by atoms with Gasteiger partial charge in [-0.2, -0.15) is 0 Å². The number of nitrogens with zero attached hydrogens (tertiary/aromatic N) is 2. The minimum atomic E-state index is 0.0896. The van der Waals surface area contributed by atoms with Crippen molar-refractivity contribution in [2.45, 2.75) is 77.0 Å². The number of aliphatic imine (C=N–C) groups is 1. The van der Waals surface area contributed by atoms with E-state index < -0.39 is 0 Å². The van der Waals surface area contributed by atoms with Gasteiger partial charge in [-0.1, -0.05) is 26.7 Å². The summed E-state index contributed by atoms with van der Waals surface area (Å²) < 4.78 is 6.10. The van der Waals surface area contributed by atoms with Crippen molar-refractivity contribution < 1.29 is 9.53 Å².